The van der Waals surface area contributed by atoms with Crippen molar-refractivity contribution >= 4 is 11.0 Å². The lowest BCUT2D eigenvalue weighted by Gasteiger charge is -1.89. The van der Waals surface area contributed by atoms with Gasteiger partial charge in [-0.15, -0.1) is 0 Å². The van der Waals surface area contributed by atoms with Crippen molar-refractivity contribution in [2.75, 3.05) is 0 Å². The molecular weight excluding hydrogens is 150 g/mol. The monoisotopic (exact) mass is 163 g/mol. The molecule has 3 nitrogen and oxygen atoms in total. The van der Waals surface area contributed by atoms with Crippen molar-refractivity contribution in [1.82, 2.24) is 15.0 Å². The number of H-pyrrole nitrogens is 1. The maximum Gasteiger partial charge on any atom is 0.0942 e. The van der Waals surface area contributed by atoms with E-state index in [1.54, 1.807) is 12.5 Å². The van der Waals surface area contributed by atoms with Crippen LogP contribution in [0, 0.1) is 6.92 Å². The standard InChI is InChI=1S/C7H7N3.C2H6/c1-5-2-8-3-6-7(5)10-4-9-6;1-2/h2-4H,1H3,(H,9,10);1-2H3. The van der Waals surface area contributed by atoms with Crippen LogP contribution in [0.3, 0.4) is 0 Å². The fourth-order valence-corrected chi connectivity index (χ4v) is 1.00. The average molecular weight is 163 g/mol. The Morgan fingerprint density at radius 3 is 2.67 bits per heavy atom. The van der Waals surface area contributed by atoms with E-state index in [-0.39, 0.29) is 0 Å². The number of aryl methyl sites for hydroxylation is 1. The van der Waals surface area contributed by atoms with Crippen molar-refractivity contribution in [2.45, 2.75) is 20.8 Å². The normalized spacial score (nSPS) is 9.25. The van der Waals surface area contributed by atoms with Crippen LogP contribution in [-0.2, 0) is 0 Å². The van der Waals surface area contributed by atoms with E-state index < -0.39 is 0 Å². The lowest BCUT2D eigenvalue weighted by atomic mass is 10.3. The molecule has 0 saturated carbocycles. The number of nitrogens with zero attached hydrogens (tertiary/aromatic N) is 2. The van der Waals surface area contributed by atoms with Crippen molar-refractivity contribution in [2.24, 2.45) is 0 Å². The second-order valence-electron chi connectivity index (χ2n) is 2.26. The van der Waals surface area contributed by atoms with Gasteiger partial charge in [-0.2, -0.15) is 0 Å². The number of aromatic amines is 1. The van der Waals surface area contributed by atoms with Gasteiger partial charge in [0.05, 0.1) is 23.6 Å². The number of hydrogen-bond donors (Lipinski definition) is 1. The summed E-state index contributed by atoms with van der Waals surface area (Å²) >= 11 is 0. The lowest BCUT2D eigenvalue weighted by molar-refractivity contribution is 1.29. The number of imidazole rings is 1. The van der Waals surface area contributed by atoms with Gasteiger partial charge in [-0.25, -0.2) is 4.98 Å². The van der Waals surface area contributed by atoms with Gasteiger partial charge in [0.15, 0.2) is 0 Å². The van der Waals surface area contributed by atoms with E-state index in [2.05, 4.69) is 15.0 Å². The minimum absolute atomic E-state index is 1.00. The highest BCUT2D eigenvalue weighted by molar-refractivity contribution is 5.76. The van der Waals surface area contributed by atoms with Gasteiger partial charge in [0.1, 0.15) is 0 Å². The van der Waals surface area contributed by atoms with Crippen LogP contribution in [0.2, 0.25) is 0 Å². The van der Waals surface area contributed by atoms with Gasteiger partial charge in [0.2, 0.25) is 0 Å². The largest absolute Gasteiger partial charge is 0.343 e. The third-order valence-electron chi connectivity index (χ3n) is 1.51. The average Bonchev–Trinajstić information content (AvgIpc) is 2.57. The second kappa shape index (κ2) is 3.85. The van der Waals surface area contributed by atoms with Gasteiger partial charge in [-0.1, -0.05) is 13.8 Å². The first-order chi connectivity index (χ1) is 5.88. The van der Waals surface area contributed by atoms with Crippen LogP contribution in [0.4, 0.5) is 0 Å². The van der Waals surface area contributed by atoms with Crippen molar-refractivity contribution in [3.05, 3.63) is 24.3 Å². The first kappa shape index (κ1) is 8.71. The summed E-state index contributed by atoms with van der Waals surface area (Å²) in [5, 5.41) is 0. The molecule has 0 atom stereocenters. The van der Waals surface area contributed by atoms with Crippen LogP contribution in [0.1, 0.15) is 19.4 Å². The Morgan fingerprint density at radius 1 is 1.25 bits per heavy atom. The molecule has 0 amide bonds. The molecule has 0 saturated heterocycles. The molecule has 0 aliphatic carbocycles. The summed E-state index contributed by atoms with van der Waals surface area (Å²) in [4.78, 5) is 11.1. The SMILES string of the molecule is CC.Cc1cncc2[nH]cnc12. The zero-order valence-electron chi connectivity index (χ0n) is 7.63. The van der Waals surface area contributed by atoms with Gasteiger partial charge < -0.3 is 4.98 Å². The zero-order chi connectivity index (χ0) is 8.97. The Morgan fingerprint density at radius 2 is 2.00 bits per heavy atom. The molecule has 0 spiro atoms. The Hall–Kier alpha value is -1.38. The minimum Gasteiger partial charge on any atom is -0.343 e. The summed E-state index contributed by atoms with van der Waals surface area (Å²) in [6, 6.07) is 0. The molecule has 0 bridgehead atoms. The molecule has 0 unspecified atom stereocenters. The molecule has 0 aliphatic rings. The molecule has 2 aromatic rings. The molecule has 2 heterocycles. The summed E-state index contributed by atoms with van der Waals surface area (Å²) in [7, 11) is 0. The first-order valence-corrected chi connectivity index (χ1v) is 4.11. The number of aromatic nitrogens is 3. The highest BCUT2D eigenvalue weighted by Crippen LogP contribution is 2.09. The van der Waals surface area contributed by atoms with Crippen molar-refractivity contribution < 1.29 is 0 Å². The molecule has 0 radical (unpaired) electrons. The predicted octanol–water partition coefficient (Wildman–Crippen LogP) is 2.29. The van der Waals surface area contributed by atoms with E-state index in [4.69, 9.17) is 0 Å². The summed E-state index contributed by atoms with van der Waals surface area (Å²) < 4.78 is 0. The van der Waals surface area contributed by atoms with E-state index in [9.17, 15) is 0 Å². The lowest BCUT2D eigenvalue weighted by Crippen LogP contribution is -1.78. The zero-order valence-corrected chi connectivity index (χ0v) is 7.63. The Kier molecular flexibility index (Phi) is 2.80. The number of pyridine rings is 1. The second-order valence-corrected chi connectivity index (χ2v) is 2.26. The maximum absolute atomic E-state index is 4.12. The molecule has 0 aliphatic heterocycles. The number of fused-ring (bicyclic) bond motifs is 1. The fraction of sp³-hybridized carbons (Fsp3) is 0.333. The molecule has 2 aromatic heterocycles. The molecule has 12 heavy (non-hydrogen) atoms. The van der Waals surface area contributed by atoms with Crippen molar-refractivity contribution in [3.63, 3.8) is 0 Å². The van der Waals surface area contributed by atoms with E-state index in [0.717, 1.165) is 16.6 Å². The topological polar surface area (TPSA) is 41.6 Å². The van der Waals surface area contributed by atoms with Gasteiger partial charge in [-0.3, -0.25) is 4.98 Å². The highest BCUT2D eigenvalue weighted by atomic mass is 14.9. The van der Waals surface area contributed by atoms with Gasteiger partial charge >= 0.3 is 0 Å². The first-order valence-electron chi connectivity index (χ1n) is 4.11. The molecule has 0 fully saturated rings. The Labute approximate surface area is 71.9 Å². The van der Waals surface area contributed by atoms with E-state index >= 15 is 0 Å². The van der Waals surface area contributed by atoms with Gasteiger partial charge in [0.25, 0.3) is 0 Å². The van der Waals surface area contributed by atoms with E-state index in [1.807, 2.05) is 27.0 Å². The van der Waals surface area contributed by atoms with E-state index in [1.165, 1.54) is 0 Å². The van der Waals surface area contributed by atoms with Crippen molar-refractivity contribution in [3.8, 4) is 0 Å². The number of hydrogen-bond acceptors (Lipinski definition) is 2. The molecule has 3 heteroatoms. The summed E-state index contributed by atoms with van der Waals surface area (Å²) in [5.41, 5.74) is 3.12. The minimum atomic E-state index is 1.00. The smallest absolute Gasteiger partial charge is 0.0942 e. The van der Waals surface area contributed by atoms with Crippen LogP contribution in [0.15, 0.2) is 18.7 Å². The molecule has 64 valence electrons. The van der Waals surface area contributed by atoms with Crippen LogP contribution in [0.5, 0.6) is 0 Å². The molecule has 2 rings (SSSR count). The maximum atomic E-state index is 4.12. The van der Waals surface area contributed by atoms with Gasteiger partial charge in [-0.05, 0) is 12.5 Å². The number of rotatable bonds is 0. The Balaban J connectivity index is 0.000000336. The summed E-state index contributed by atoms with van der Waals surface area (Å²) in [6.07, 6.45) is 5.26. The number of nitrogens with one attached hydrogen (secondary N) is 1. The molecule has 0 aromatic carbocycles. The highest BCUT2D eigenvalue weighted by Gasteiger charge is 1.96. The molecule has 1 N–H and O–H groups in total. The fourth-order valence-electron chi connectivity index (χ4n) is 1.00. The van der Waals surface area contributed by atoms with E-state index in [0.29, 0.717) is 0 Å². The van der Waals surface area contributed by atoms with Crippen LogP contribution in [0.25, 0.3) is 11.0 Å². The quantitative estimate of drug-likeness (QED) is 0.647. The third-order valence-corrected chi connectivity index (χ3v) is 1.51. The molecular formula is C9H13N3. The summed E-state index contributed by atoms with van der Waals surface area (Å²) in [6.45, 7) is 6.00. The van der Waals surface area contributed by atoms with Crippen molar-refractivity contribution in [1.29, 1.82) is 0 Å². The van der Waals surface area contributed by atoms with Gasteiger partial charge in [0, 0.05) is 6.20 Å². The Bertz CT molecular complexity index is 351. The predicted molar refractivity (Wildman–Crippen MR) is 50.0 cm³/mol. The third kappa shape index (κ3) is 1.44. The van der Waals surface area contributed by atoms with Crippen LogP contribution < -0.4 is 0 Å². The summed E-state index contributed by atoms with van der Waals surface area (Å²) in [5.74, 6) is 0. The van der Waals surface area contributed by atoms with Crippen LogP contribution in [-0.4, -0.2) is 15.0 Å². The van der Waals surface area contributed by atoms with Crippen LogP contribution >= 0.6 is 0 Å².